The van der Waals surface area contributed by atoms with Crippen LogP contribution in [0, 0.1) is 0 Å². The quantitative estimate of drug-likeness (QED) is 0.706. The van der Waals surface area contributed by atoms with Gasteiger partial charge in [-0.3, -0.25) is 19.3 Å². The average molecular weight is 421 g/mol. The highest BCUT2D eigenvalue weighted by atomic mass is 32.2. The molecule has 6 heteroatoms. The Morgan fingerprint density at radius 2 is 1.63 bits per heavy atom. The lowest BCUT2D eigenvalue weighted by Crippen LogP contribution is -2.45. The van der Waals surface area contributed by atoms with Crippen LogP contribution in [0.3, 0.4) is 0 Å². The van der Waals surface area contributed by atoms with Gasteiger partial charge in [0.15, 0.2) is 0 Å². The molecule has 0 bridgehead atoms. The van der Waals surface area contributed by atoms with Crippen LogP contribution in [0.5, 0.6) is 0 Å². The number of thioether (sulfide) groups is 1. The summed E-state index contributed by atoms with van der Waals surface area (Å²) in [5, 5.41) is 2.69. The lowest BCUT2D eigenvalue weighted by molar-refractivity contribution is -0.127. The summed E-state index contributed by atoms with van der Waals surface area (Å²) in [6.07, 6.45) is 5.42. The molecular formula is C24H24N2O3S. The van der Waals surface area contributed by atoms with E-state index in [-0.39, 0.29) is 30.1 Å². The Morgan fingerprint density at radius 3 is 2.30 bits per heavy atom. The lowest BCUT2D eigenvalue weighted by atomic mass is 9.78. The van der Waals surface area contributed by atoms with Crippen molar-refractivity contribution in [2.24, 2.45) is 0 Å². The summed E-state index contributed by atoms with van der Waals surface area (Å²) in [5.74, 6) is -0.320. The number of nitrogens with one attached hydrogen (secondary N) is 1. The third kappa shape index (κ3) is 4.05. The van der Waals surface area contributed by atoms with Crippen LogP contribution in [0.2, 0.25) is 0 Å². The summed E-state index contributed by atoms with van der Waals surface area (Å²) in [7, 11) is 0. The zero-order chi connectivity index (χ0) is 21.0. The molecular weight excluding hydrogens is 396 g/mol. The van der Waals surface area contributed by atoms with Gasteiger partial charge in [0.25, 0.3) is 11.1 Å². The molecule has 2 fully saturated rings. The van der Waals surface area contributed by atoms with Crippen LogP contribution in [0.15, 0.2) is 65.6 Å². The van der Waals surface area contributed by atoms with E-state index in [4.69, 9.17) is 0 Å². The zero-order valence-electron chi connectivity index (χ0n) is 16.7. The maximum absolute atomic E-state index is 13.1. The summed E-state index contributed by atoms with van der Waals surface area (Å²) >= 11 is 0.943. The molecule has 0 spiro atoms. The van der Waals surface area contributed by atoms with Crippen molar-refractivity contribution in [3.63, 3.8) is 0 Å². The maximum atomic E-state index is 13.1. The SMILES string of the molecule is O=C1S/C(=C/c2ccccc2)C(=O)N1CCNC(=O)C1(c2ccccc2)CCCC1. The molecule has 30 heavy (non-hydrogen) atoms. The molecule has 3 amide bonds. The first-order valence-corrected chi connectivity index (χ1v) is 11.1. The molecule has 1 N–H and O–H groups in total. The molecule has 1 heterocycles. The van der Waals surface area contributed by atoms with E-state index in [2.05, 4.69) is 5.32 Å². The molecule has 0 unspecified atom stereocenters. The van der Waals surface area contributed by atoms with E-state index in [1.54, 1.807) is 6.08 Å². The van der Waals surface area contributed by atoms with Crippen molar-refractivity contribution < 1.29 is 14.4 Å². The first kappa shape index (κ1) is 20.4. The van der Waals surface area contributed by atoms with E-state index in [1.165, 1.54) is 4.90 Å². The van der Waals surface area contributed by atoms with Crippen molar-refractivity contribution in [2.45, 2.75) is 31.1 Å². The Hall–Kier alpha value is -2.86. The van der Waals surface area contributed by atoms with E-state index >= 15 is 0 Å². The van der Waals surface area contributed by atoms with Crippen molar-refractivity contribution in [1.29, 1.82) is 0 Å². The smallest absolute Gasteiger partial charge is 0.293 e. The summed E-state index contributed by atoms with van der Waals surface area (Å²) in [4.78, 5) is 39.7. The minimum atomic E-state index is -0.507. The topological polar surface area (TPSA) is 66.5 Å². The Labute approximate surface area is 180 Å². The molecule has 0 radical (unpaired) electrons. The Balaban J connectivity index is 1.39. The third-order valence-electron chi connectivity index (χ3n) is 5.81. The second-order valence-electron chi connectivity index (χ2n) is 7.66. The second-order valence-corrected chi connectivity index (χ2v) is 8.65. The predicted molar refractivity (Wildman–Crippen MR) is 119 cm³/mol. The molecule has 0 atom stereocenters. The fourth-order valence-corrected chi connectivity index (χ4v) is 5.09. The largest absolute Gasteiger partial charge is 0.354 e. The molecule has 154 valence electrons. The number of hydrogen-bond donors (Lipinski definition) is 1. The van der Waals surface area contributed by atoms with Gasteiger partial charge in [0.05, 0.1) is 10.3 Å². The summed E-state index contributed by atoms with van der Waals surface area (Å²) in [5.41, 5.74) is 1.41. The Morgan fingerprint density at radius 1 is 1.00 bits per heavy atom. The van der Waals surface area contributed by atoms with Gasteiger partial charge in [-0.1, -0.05) is 73.5 Å². The number of imide groups is 1. The molecule has 5 nitrogen and oxygen atoms in total. The summed E-state index contributed by atoms with van der Waals surface area (Å²) in [6, 6.07) is 19.3. The number of carbonyl (C=O) groups is 3. The number of hydrogen-bond acceptors (Lipinski definition) is 4. The number of benzene rings is 2. The second kappa shape index (κ2) is 8.88. The van der Waals surface area contributed by atoms with Crippen LogP contribution in [0.4, 0.5) is 4.79 Å². The highest BCUT2D eigenvalue weighted by molar-refractivity contribution is 8.18. The maximum Gasteiger partial charge on any atom is 0.293 e. The minimum absolute atomic E-state index is 0.0157. The summed E-state index contributed by atoms with van der Waals surface area (Å²) < 4.78 is 0. The third-order valence-corrected chi connectivity index (χ3v) is 6.72. The van der Waals surface area contributed by atoms with Crippen LogP contribution >= 0.6 is 11.8 Å². The average Bonchev–Trinajstić information content (AvgIpc) is 3.37. The van der Waals surface area contributed by atoms with E-state index in [1.807, 2.05) is 60.7 Å². The first-order valence-electron chi connectivity index (χ1n) is 10.2. The fraction of sp³-hybridized carbons (Fsp3) is 0.292. The molecule has 0 aromatic heterocycles. The van der Waals surface area contributed by atoms with Crippen LogP contribution in [0.25, 0.3) is 6.08 Å². The van der Waals surface area contributed by atoms with Gasteiger partial charge in [-0.15, -0.1) is 0 Å². The number of carbonyl (C=O) groups excluding carboxylic acids is 3. The monoisotopic (exact) mass is 420 g/mol. The van der Waals surface area contributed by atoms with E-state index < -0.39 is 5.41 Å². The van der Waals surface area contributed by atoms with Gasteiger partial charge in [0.1, 0.15) is 0 Å². The van der Waals surface area contributed by atoms with Gasteiger partial charge < -0.3 is 5.32 Å². The normalized spacial score (nSPS) is 19.5. The van der Waals surface area contributed by atoms with Crippen LogP contribution in [0.1, 0.15) is 36.8 Å². The summed E-state index contributed by atoms with van der Waals surface area (Å²) in [6.45, 7) is 0.428. The van der Waals surface area contributed by atoms with Gasteiger partial charge in [0.2, 0.25) is 5.91 Å². The van der Waals surface area contributed by atoms with Crippen molar-refractivity contribution in [3.8, 4) is 0 Å². The highest BCUT2D eigenvalue weighted by Crippen LogP contribution is 2.41. The zero-order valence-corrected chi connectivity index (χ0v) is 17.5. The lowest BCUT2D eigenvalue weighted by Gasteiger charge is -2.28. The minimum Gasteiger partial charge on any atom is -0.354 e. The molecule has 2 aliphatic rings. The van der Waals surface area contributed by atoms with E-state index in [9.17, 15) is 14.4 Å². The van der Waals surface area contributed by atoms with Crippen molar-refractivity contribution in [3.05, 3.63) is 76.7 Å². The van der Waals surface area contributed by atoms with Crippen LogP contribution < -0.4 is 5.32 Å². The predicted octanol–water partition coefficient (Wildman–Crippen LogP) is 4.35. The molecule has 4 rings (SSSR count). The van der Waals surface area contributed by atoms with Gasteiger partial charge in [0, 0.05) is 13.1 Å². The fourth-order valence-electron chi connectivity index (χ4n) is 4.23. The molecule has 1 aliphatic carbocycles. The van der Waals surface area contributed by atoms with Gasteiger partial charge in [-0.05, 0) is 41.8 Å². The van der Waals surface area contributed by atoms with Crippen molar-refractivity contribution >= 4 is 34.9 Å². The Kier molecular flexibility index (Phi) is 6.04. The van der Waals surface area contributed by atoms with E-state index in [0.29, 0.717) is 4.91 Å². The van der Waals surface area contributed by atoms with Crippen molar-refractivity contribution in [1.82, 2.24) is 10.2 Å². The first-order chi connectivity index (χ1) is 14.6. The van der Waals surface area contributed by atoms with Crippen LogP contribution in [-0.4, -0.2) is 35.0 Å². The van der Waals surface area contributed by atoms with Crippen LogP contribution in [-0.2, 0) is 15.0 Å². The van der Waals surface area contributed by atoms with Crippen molar-refractivity contribution in [2.75, 3.05) is 13.1 Å². The standard InChI is InChI=1S/C24H24N2O3S/c27-21-20(17-18-9-3-1-4-10-18)30-23(29)26(21)16-15-25-22(28)24(13-7-8-14-24)19-11-5-2-6-12-19/h1-6,9-12,17H,7-8,13-16H2,(H,25,28)/b20-17+. The molecule has 1 saturated heterocycles. The van der Waals surface area contributed by atoms with E-state index in [0.717, 1.165) is 48.6 Å². The number of amides is 3. The van der Waals surface area contributed by atoms with Gasteiger partial charge >= 0.3 is 0 Å². The van der Waals surface area contributed by atoms with Gasteiger partial charge in [-0.25, -0.2) is 0 Å². The number of nitrogens with zero attached hydrogens (tertiary/aromatic N) is 1. The highest BCUT2D eigenvalue weighted by Gasteiger charge is 2.42. The molecule has 2 aromatic carbocycles. The van der Waals surface area contributed by atoms with Gasteiger partial charge in [-0.2, -0.15) is 0 Å². The number of rotatable bonds is 6. The molecule has 1 aliphatic heterocycles. The Bertz CT molecular complexity index is 966. The molecule has 1 saturated carbocycles. The molecule has 2 aromatic rings.